The maximum absolute atomic E-state index is 12.3. The first-order valence-corrected chi connectivity index (χ1v) is 7.65. The van der Waals surface area contributed by atoms with Crippen LogP contribution in [0.5, 0.6) is 5.75 Å². The summed E-state index contributed by atoms with van der Waals surface area (Å²) in [5, 5.41) is 4.97. The van der Waals surface area contributed by atoms with Crippen LogP contribution in [0.15, 0.2) is 66.7 Å². The number of hydrogen-bond donors (Lipinski definition) is 1. The van der Waals surface area contributed by atoms with Crippen LogP contribution in [0.3, 0.4) is 0 Å². The number of ether oxygens (including phenoxy) is 1. The highest BCUT2D eigenvalue weighted by Gasteiger charge is 2.16. The molecule has 3 heteroatoms. The second-order valence-electron chi connectivity index (χ2n) is 5.59. The van der Waals surface area contributed by atoms with Gasteiger partial charge in [0.05, 0.1) is 0 Å². The molecule has 116 valence electrons. The molecule has 0 unspecified atom stereocenters. The van der Waals surface area contributed by atoms with Crippen molar-refractivity contribution in [2.75, 3.05) is 5.32 Å². The van der Waals surface area contributed by atoms with Crippen LogP contribution in [0.1, 0.15) is 12.5 Å². The summed E-state index contributed by atoms with van der Waals surface area (Å²) in [6.45, 7) is 3.77. The molecule has 3 rings (SSSR count). The average Bonchev–Trinajstić information content (AvgIpc) is 2.57. The summed E-state index contributed by atoms with van der Waals surface area (Å²) in [5.74, 6) is 0.552. The van der Waals surface area contributed by atoms with Gasteiger partial charge in [-0.05, 0) is 37.4 Å². The molecular formula is C20H19NO2. The third kappa shape index (κ3) is 3.51. The van der Waals surface area contributed by atoms with Crippen molar-refractivity contribution in [1.82, 2.24) is 0 Å². The van der Waals surface area contributed by atoms with Gasteiger partial charge in [0.1, 0.15) is 5.75 Å². The molecule has 0 spiro atoms. The number of rotatable bonds is 4. The second kappa shape index (κ2) is 6.53. The molecule has 0 saturated heterocycles. The Hall–Kier alpha value is -2.81. The first-order chi connectivity index (χ1) is 11.1. The lowest BCUT2D eigenvalue weighted by molar-refractivity contribution is -0.122. The number of carbonyl (C=O) groups is 1. The molecule has 3 aromatic carbocycles. The van der Waals surface area contributed by atoms with Crippen LogP contribution in [0.25, 0.3) is 10.8 Å². The number of anilines is 1. The molecule has 23 heavy (non-hydrogen) atoms. The van der Waals surface area contributed by atoms with E-state index in [1.54, 1.807) is 6.92 Å². The maximum atomic E-state index is 12.3. The lowest BCUT2D eigenvalue weighted by Gasteiger charge is -2.16. The normalized spacial score (nSPS) is 11.9. The summed E-state index contributed by atoms with van der Waals surface area (Å²) in [5.41, 5.74) is 1.93. The Kier molecular flexibility index (Phi) is 4.29. The minimum Gasteiger partial charge on any atom is -0.480 e. The lowest BCUT2D eigenvalue weighted by atomic mass is 10.1. The Morgan fingerprint density at radius 2 is 1.65 bits per heavy atom. The van der Waals surface area contributed by atoms with E-state index in [1.807, 2.05) is 73.7 Å². The van der Waals surface area contributed by atoms with Crippen LogP contribution in [-0.4, -0.2) is 12.0 Å². The van der Waals surface area contributed by atoms with E-state index in [2.05, 4.69) is 5.32 Å². The molecule has 0 radical (unpaired) electrons. The fourth-order valence-electron chi connectivity index (χ4n) is 2.42. The molecule has 0 fully saturated rings. The Labute approximate surface area is 135 Å². The Morgan fingerprint density at radius 1 is 0.957 bits per heavy atom. The first kappa shape index (κ1) is 15.1. The number of benzene rings is 3. The topological polar surface area (TPSA) is 38.3 Å². The monoisotopic (exact) mass is 305 g/mol. The van der Waals surface area contributed by atoms with Gasteiger partial charge in [0.15, 0.2) is 6.10 Å². The molecule has 0 aliphatic heterocycles. The molecule has 0 aliphatic rings. The highest BCUT2D eigenvalue weighted by molar-refractivity contribution is 5.95. The summed E-state index contributed by atoms with van der Waals surface area (Å²) in [6, 6.07) is 21.5. The quantitative estimate of drug-likeness (QED) is 0.767. The van der Waals surface area contributed by atoms with Gasteiger partial charge in [0, 0.05) is 11.1 Å². The van der Waals surface area contributed by atoms with E-state index >= 15 is 0 Å². The van der Waals surface area contributed by atoms with Gasteiger partial charge in [-0.25, -0.2) is 0 Å². The van der Waals surface area contributed by atoms with Crippen molar-refractivity contribution in [2.45, 2.75) is 20.0 Å². The summed E-state index contributed by atoms with van der Waals surface area (Å²) in [6.07, 6.45) is -0.581. The van der Waals surface area contributed by atoms with Crippen molar-refractivity contribution in [3.8, 4) is 5.75 Å². The number of hydrogen-bond acceptors (Lipinski definition) is 2. The Bertz CT molecular complexity index is 819. The molecule has 1 amide bonds. The van der Waals surface area contributed by atoms with E-state index in [9.17, 15) is 4.79 Å². The number of amides is 1. The highest BCUT2D eigenvalue weighted by Crippen LogP contribution is 2.26. The predicted octanol–water partition coefficient (Wildman–Crippen LogP) is 4.55. The molecule has 0 saturated carbocycles. The van der Waals surface area contributed by atoms with Crippen LogP contribution in [0, 0.1) is 6.92 Å². The summed E-state index contributed by atoms with van der Waals surface area (Å²) < 4.78 is 5.87. The second-order valence-corrected chi connectivity index (χ2v) is 5.59. The lowest BCUT2D eigenvalue weighted by Crippen LogP contribution is -2.30. The van der Waals surface area contributed by atoms with Crippen LogP contribution < -0.4 is 10.1 Å². The molecule has 0 heterocycles. The zero-order chi connectivity index (χ0) is 16.2. The minimum absolute atomic E-state index is 0.165. The van der Waals surface area contributed by atoms with Gasteiger partial charge in [-0.3, -0.25) is 4.79 Å². The zero-order valence-corrected chi connectivity index (χ0v) is 13.2. The summed E-state index contributed by atoms with van der Waals surface area (Å²) >= 11 is 0. The van der Waals surface area contributed by atoms with E-state index in [0.29, 0.717) is 0 Å². The van der Waals surface area contributed by atoms with Gasteiger partial charge in [-0.2, -0.15) is 0 Å². The first-order valence-electron chi connectivity index (χ1n) is 7.65. The predicted molar refractivity (Wildman–Crippen MR) is 93.8 cm³/mol. The number of carbonyl (C=O) groups excluding carboxylic acids is 1. The van der Waals surface area contributed by atoms with Crippen molar-refractivity contribution in [3.63, 3.8) is 0 Å². The van der Waals surface area contributed by atoms with Crippen molar-refractivity contribution in [2.24, 2.45) is 0 Å². The Morgan fingerprint density at radius 3 is 2.43 bits per heavy atom. The molecule has 1 N–H and O–H groups in total. The SMILES string of the molecule is Cc1ccc(NC(=O)[C@@H](C)Oc2cccc3ccccc23)cc1. The molecular weight excluding hydrogens is 286 g/mol. The van der Waals surface area contributed by atoms with E-state index in [1.165, 1.54) is 0 Å². The number of fused-ring (bicyclic) bond motifs is 1. The van der Waals surface area contributed by atoms with Crippen molar-refractivity contribution >= 4 is 22.4 Å². The van der Waals surface area contributed by atoms with Gasteiger partial charge in [-0.1, -0.05) is 54.1 Å². The van der Waals surface area contributed by atoms with E-state index in [-0.39, 0.29) is 5.91 Å². The smallest absolute Gasteiger partial charge is 0.265 e. The zero-order valence-electron chi connectivity index (χ0n) is 13.2. The molecule has 1 atom stereocenters. The van der Waals surface area contributed by atoms with Crippen LogP contribution in [0.2, 0.25) is 0 Å². The average molecular weight is 305 g/mol. The molecule has 0 aromatic heterocycles. The van der Waals surface area contributed by atoms with E-state index in [0.717, 1.165) is 27.8 Å². The molecule has 0 aliphatic carbocycles. The van der Waals surface area contributed by atoms with Crippen molar-refractivity contribution in [1.29, 1.82) is 0 Å². The third-order valence-electron chi connectivity index (χ3n) is 3.74. The van der Waals surface area contributed by atoms with E-state index in [4.69, 9.17) is 4.74 Å². The summed E-state index contributed by atoms with van der Waals surface area (Å²) in [4.78, 5) is 12.3. The van der Waals surface area contributed by atoms with Crippen LogP contribution in [0.4, 0.5) is 5.69 Å². The maximum Gasteiger partial charge on any atom is 0.265 e. The van der Waals surface area contributed by atoms with Crippen LogP contribution in [-0.2, 0) is 4.79 Å². The Balaban J connectivity index is 1.73. The van der Waals surface area contributed by atoms with Crippen molar-refractivity contribution < 1.29 is 9.53 Å². The van der Waals surface area contributed by atoms with Crippen LogP contribution >= 0.6 is 0 Å². The van der Waals surface area contributed by atoms with Gasteiger partial charge in [0.25, 0.3) is 5.91 Å². The van der Waals surface area contributed by atoms with Gasteiger partial charge in [0.2, 0.25) is 0 Å². The standard InChI is InChI=1S/C20H19NO2/c1-14-10-12-17(13-11-14)21-20(22)15(2)23-19-9-5-7-16-6-3-4-8-18(16)19/h3-13,15H,1-2H3,(H,21,22)/t15-/m1/s1. The fourth-order valence-corrected chi connectivity index (χ4v) is 2.42. The minimum atomic E-state index is -0.581. The van der Waals surface area contributed by atoms with E-state index < -0.39 is 6.10 Å². The highest BCUT2D eigenvalue weighted by atomic mass is 16.5. The van der Waals surface area contributed by atoms with Gasteiger partial charge >= 0.3 is 0 Å². The molecule has 3 aromatic rings. The number of aryl methyl sites for hydroxylation is 1. The number of nitrogens with one attached hydrogen (secondary N) is 1. The van der Waals surface area contributed by atoms with Gasteiger partial charge < -0.3 is 10.1 Å². The van der Waals surface area contributed by atoms with Crippen molar-refractivity contribution in [3.05, 3.63) is 72.3 Å². The third-order valence-corrected chi connectivity index (χ3v) is 3.74. The van der Waals surface area contributed by atoms with Gasteiger partial charge in [-0.15, -0.1) is 0 Å². The summed E-state index contributed by atoms with van der Waals surface area (Å²) in [7, 11) is 0. The molecule has 0 bridgehead atoms. The fraction of sp³-hybridized carbons (Fsp3) is 0.150. The molecule has 3 nitrogen and oxygen atoms in total. The largest absolute Gasteiger partial charge is 0.480 e.